The molecule has 0 bridgehead atoms. The van der Waals surface area contributed by atoms with Gasteiger partial charge in [-0.3, -0.25) is 14.5 Å². The molecule has 3 rings (SSSR count). The second-order valence-electron chi connectivity index (χ2n) is 6.51. The largest absolute Gasteiger partial charge is 0.472 e. The van der Waals surface area contributed by atoms with Gasteiger partial charge >= 0.3 is 0 Å². The molecule has 2 aromatic rings. The summed E-state index contributed by atoms with van der Waals surface area (Å²) in [6.45, 7) is 3.79. The van der Waals surface area contributed by atoms with E-state index in [0.717, 1.165) is 31.6 Å². The van der Waals surface area contributed by atoms with Crippen molar-refractivity contribution < 1.29 is 14.0 Å². The van der Waals surface area contributed by atoms with Gasteiger partial charge in [0, 0.05) is 32.7 Å². The Morgan fingerprint density at radius 3 is 2.63 bits per heavy atom. The highest BCUT2D eigenvalue weighted by Crippen LogP contribution is 2.10. The van der Waals surface area contributed by atoms with Crippen molar-refractivity contribution in [3.05, 3.63) is 59.5 Å². The van der Waals surface area contributed by atoms with Gasteiger partial charge < -0.3 is 14.6 Å². The quantitative estimate of drug-likeness (QED) is 0.868. The van der Waals surface area contributed by atoms with Crippen LogP contribution in [0.5, 0.6) is 0 Å². The number of nitrogens with one attached hydrogen (secondary N) is 1. The molecule has 7 nitrogen and oxygen atoms in total. The van der Waals surface area contributed by atoms with Crippen LogP contribution < -0.4 is 5.32 Å². The number of hydrogen-bond acceptors (Lipinski definition) is 5. The second-order valence-corrected chi connectivity index (χ2v) is 6.51. The molecule has 7 heteroatoms. The van der Waals surface area contributed by atoms with Gasteiger partial charge in [0.25, 0.3) is 5.91 Å². The zero-order valence-electron chi connectivity index (χ0n) is 15.1. The van der Waals surface area contributed by atoms with Crippen molar-refractivity contribution in [1.82, 2.24) is 15.1 Å². The first-order valence-electron chi connectivity index (χ1n) is 8.95. The molecule has 1 N–H and O–H groups in total. The smallest absolute Gasteiger partial charge is 0.254 e. The number of benzene rings is 1. The van der Waals surface area contributed by atoms with Gasteiger partial charge in [-0.25, -0.2) is 0 Å². The van der Waals surface area contributed by atoms with E-state index in [0.29, 0.717) is 24.2 Å². The Kier molecular flexibility index (Phi) is 6.23. The normalized spacial score (nSPS) is 15.0. The maximum atomic E-state index is 12.4. The molecular weight excluding hydrogens is 344 g/mol. The van der Waals surface area contributed by atoms with Crippen LogP contribution in [-0.4, -0.2) is 54.3 Å². The number of nitrogens with zero attached hydrogens (tertiary/aromatic N) is 3. The average molecular weight is 366 g/mol. The summed E-state index contributed by atoms with van der Waals surface area (Å²) in [5.74, 6) is -0.388. The Morgan fingerprint density at radius 1 is 1.11 bits per heavy atom. The van der Waals surface area contributed by atoms with E-state index >= 15 is 0 Å². The maximum absolute atomic E-state index is 12.4. The molecule has 1 aromatic carbocycles. The van der Waals surface area contributed by atoms with Crippen molar-refractivity contribution >= 4 is 11.8 Å². The molecule has 27 heavy (non-hydrogen) atoms. The molecule has 0 saturated carbocycles. The predicted octanol–water partition coefficient (Wildman–Crippen LogP) is 1.62. The lowest BCUT2D eigenvalue weighted by Gasteiger charge is -2.22. The maximum Gasteiger partial charge on any atom is 0.254 e. The van der Waals surface area contributed by atoms with E-state index in [1.807, 2.05) is 24.3 Å². The van der Waals surface area contributed by atoms with Gasteiger partial charge in [-0.05, 0) is 30.2 Å². The minimum Gasteiger partial charge on any atom is -0.472 e. The Labute approximate surface area is 158 Å². The van der Waals surface area contributed by atoms with E-state index in [1.54, 1.807) is 11.0 Å². The van der Waals surface area contributed by atoms with Crippen molar-refractivity contribution in [3.8, 4) is 6.07 Å². The molecular formula is C20H22N4O3. The van der Waals surface area contributed by atoms with Crippen LogP contribution in [0.3, 0.4) is 0 Å². The van der Waals surface area contributed by atoms with Crippen LogP contribution >= 0.6 is 0 Å². The van der Waals surface area contributed by atoms with Crippen molar-refractivity contribution in [2.24, 2.45) is 0 Å². The fourth-order valence-electron chi connectivity index (χ4n) is 3.08. The molecule has 140 valence electrons. The first kappa shape index (κ1) is 18.7. The molecule has 0 aliphatic carbocycles. The van der Waals surface area contributed by atoms with Gasteiger partial charge in [0.2, 0.25) is 5.91 Å². The zero-order valence-corrected chi connectivity index (χ0v) is 15.1. The second kappa shape index (κ2) is 9.01. The van der Waals surface area contributed by atoms with E-state index < -0.39 is 0 Å². The third kappa shape index (κ3) is 5.19. The van der Waals surface area contributed by atoms with Crippen LogP contribution in [0.25, 0.3) is 0 Å². The number of nitriles is 1. The van der Waals surface area contributed by atoms with Crippen molar-refractivity contribution in [1.29, 1.82) is 5.26 Å². The molecule has 1 aliphatic rings. The van der Waals surface area contributed by atoms with Gasteiger partial charge in [-0.1, -0.05) is 12.1 Å². The summed E-state index contributed by atoms with van der Waals surface area (Å²) in [5, 5.41) is 11.5. The first-order chi connectivity index (χ1) is 13.2. The summed E-state index contributed by atoms with van der Waals surface area (Å²) < 4.78 is 4.87. The van der Waals surface area contributed by atoms with Crippen LogP contribution in [0.2, 0.25) is 0 Å². The Morgan fingerprint density at radius 2 is 1.93 bits per heavy atom. The average Bonchev–Trinajstić information content (AvgIpc) is 3.14. The number of carbonyl (C=O) groups excluding carboxylic acids is 2. The van der Waals surface area contributed by atoms with E-state index in [-0.39, 0.29) is 18.4 Å². The van der Waals surface area contributed by atoms with Crippen molar-refractivity contribution in [3.63, 3.8) is 0 Å². The van der Waals surface area contributed by atoms with Gasteiger partial charge in [-0.2, -0.15) is 5.26 Å². The van der Waals surface area contributed by atoms with Crippen LogP contribution in [0, 0.1) is 11.3 Å². The highest BCUT2D eigenvalue weighted by Gasteiger charge is 2.20. The van der Waals surface area contributed by atoms with E-state index in [9.17, 15) is 9.59 Å². The Hall–Kier alpha value is -3.11. The van der Waals surface area contributed by atoms with Crippen LogP contribution in [0.15, 0.2) is 47.3 Å². The summed E-state index contributed by atoms with van der Waals surface area (Å²) in [6.07, 6.45) is 3.67. The number of rotatable bonds is 5. The van der Waals surface area contributed by atoms with Gasteiger partial charge in [0.1, 0.15) is 6.26 Å². The summed E-state index contributed by atoms with van der Waals surface area (Å²) in [4.78, 5) is 28.4. The molecule has 0 spiro atoms. The van der Waals surface area contributed by atoms with Gasteiger partial charge in [0.15, 0.2) is 0 Å². The molecule has 0 unspecified atom stereocenters. The van der Waals surface area contributed by atoms with Crippen LogP contribution in [0.1, 0.15) is 27.9 Å². The first-order valence-corrected chi connectivity index (χ1v) is 8.95. The summed E-state index contributed by atoms with van der Waals surface area (Å²) in [5.41, 5.74) is 2.22. The van der Waals surface area contributed by atoms with Crippen molar-refractivity contribution in [2.75, 3.05) is 32.7 Å². The Balaban J connectivity index is 1.46. The van der Waals surface area contributed by atoms with E-state index in [4.69, 9.17) is 9.68 Å². The van der Waals surface area contributed by atoms with E-state index in [1.165, 1.54) is 12.5 Å². The third-order valence-electron chi connectivity index (χ3n) is 4.61. The van der Waals surface area contributed by atoms with E-state index in [2.05, 4.69) is 16.3 Å². The molecule has 1 fully saturated rings. The standard InChI is InChI=1S/C20H22N4O3/c21-12-16-2-4-17(5-3-16)14-23-7-1-8-24(10-9-23)19(25)13-22-20(26)18-6-11-27-15-18/h2-6,11,15H,1,7-10,13-14H2,(H,22,26). The fourth-order valence-corrected chi connectivity index (χ4v) is 3.08. The molecule has 1 aromatic heterocycles. The summed E-state index contributed by atoms with van der Waals surface area (Å²) >= 11 is 0. The summed E-state index contributed by atoms with van der Waals surface area (Å²) in [7, 11) is 0. The lowest BCUT2D eigenvalue weighted by atomic mass is 10.1. The highest BCUT2D eigenvalue weighted by molar-refractivity contribution is 5.96. The molecule has 1 saturated heterocycles. The minimum atomic E-state index is -0.311. The fraction of sp³-hybridized carbons (Fsp3) is 0.350. The Bertz CT molecular complexity index is 809. The number of carbonyl (C=O) groups is 2. The predicted molar refractivity (Wildman–Crippen MR) is 98.7 cm³/mol. The van der Waals surface area contributed by atoms with Crippen molar-refractivity contribution in [2.45, 2.75) is 13.0 Å². The topological polar surface area (TPSA) is 89.6 Å². The molecule has 0 radical (unpaired) electrons. The number of hydrogen-bond donors (Lipinski definition) is 1. The SMILES string of the molecule is N#Cc1ccc(CN2CCCN(C(=O)CNC(=O)c3ccoc3)CC2)cc1. The zero-order chi connectivity index (χ0) is 19.1. The third-order valence-corrected chi connectivity index (χ3v) is 4.61. The van der Waals surface area contributed by atoms with Crippen LogP contribution in [-0.2, 0) is 11.3 Å². The molecule has 2 heterocycles. The number of amides is 2. The van der Waals surface area contributed by atoms with Crippen LogP contribution in [0.4, 0.5) is 0 Å². The molecule has 2 amide bonds. The van der Waals surface area contributed by atoms with Gasteiger partial charge in [-0.15, -0.1) is 0 Å². The number of furan rings is 1. The minimum absolute atomic E-state index is 0.0143. The monoisotopic (exact) mass is 366 g/mol. The lowest BCUT2D eigenvalue weighted by Crippen LogP contribution is -2.41. The van der Waals surface area contributed by atoms with Gasteiger partial charge in [0.05, 0.1) is 30.0 Å². The molecule has 0 atom stereocenters. The lowest BCUT2D eigenvalue weighted by molar-refractivity contribution is -0.130. The molecule has 1 aliphatic heterocycles. The highest BCUT2D eigenvalue weighted by atomic mass is 16.3. The summed E-state index contributed by atoms with van der Waals surface area (Å²) in [6, 6.07) is 11.3.